The molecule has 0 fully saturated rings. The van der Waals surface area contributed by atoms with Crippen LogP contribution in [0.15, 0.2) is 0 Å². The average Bonchev–Trinajstić information content (AvgIpc) is 1.99. The Morgan fingerprint density at radius 1 is 1.43 bits per heavy atom. The van der Waals surface area contributed by atoms with Gasteiger partial charge in [-0.3, -0.25) is 4.79 Å². The molecule has 0 amide bonds. The normalized spacial score (nSPS) is 10.6. The minimum absolute atomic E-state index is 0.136. The zero-order valence-corrected chi connectivity index (χ0v) is 11.1. The summed E-state index contributed by atoms with van der Waals surface area (Å²) in [6.07, 6.45) is 0. The Balaban J connectivity index is 4.01. The number of carbonyl (C=O) groups is 1. The molecule has 0 aromatic carbocycles. The molecule has 0 aliphatic heterocycles. The summed E-state index contributed by atoms with van der Waals surface area (Å²) in [5, 5.41) is 0.289. The zero-order valence-electron chi connectivity index (χ0n) is 9.29. The number of nitrogens with zero attached hydrogens (tertiary/aromatic N) is 1. The van der Waals surface area contributed by atoms with Gasteiger partial charge in [0.05, 0.1) is 7.11 Å². The van der Waals surface area contributed by atoms with E-state index in [-0.39, 0.29) is 17.7 Å². The third kappa shape index (κ3) is 5.93. The summed E-state index contributed by atoms with van der Waals surface area (Å²) in [6.45, 7) is 6.01. The third-order valence-corrected chi connectivity index (χ3v) is 2.59. The third-order valence-electron chi connectivity index (χ3n) is 1.27. The van der Waals surface area contributed by atoms with Crippen LogP contribution in [0.1, 0.15) is 0 Å². The largest absolute Gasteiger partial charge is 0.519 e. The van der Waals surface area contributed by atoms with E-state index in [4.69, 9.17) is 21.4 Å². The van der Waals surface area contributed by atoms with Crippen molar-refractivity contribution in [2.24, 2.45) is 0 Å². The smallest absolute Gasteiger partial charge is 0.312 e. The number of likely N-dealkylation sites (N-methyl/N-ethyl adjacent to an activating group) is 1. The predicted octanol–water partition coefficient (Wildman–Crippen LogP) is 1.23. The molecule has 0 saturated carbocycles. The second kappa shape index (κ2) is 5.31. The Kier molecular flexibility index (Phi) is 5.07. The fraction of sp³-hybridized carbons (Fsp3) is 0.750. The van der Waals surface area contributed by atoms with Gasteiger partial charge in [-0.1, -0.05) is 0 Å². The van der Waals surface area contributed by atoms with Crippen molar-refractivity contribution in [3.63, 3.8) is 0 Å². The summed E-state index contributed by atoms with van der Waals surface area (Å²) in [5.41, 5.74) is 0. The molecule has 4 nitrogen and oxygen atoms in total. The highest BCUT2D eigenvalue weighted by Gasteiger charge is 2.21. The molecular weight excluding hydrogens is 218 g/mol. The van der Waals surface area contributed by atoms with Crippen LogP contribution in [0.25, 0.3) is 0 Å². The Bertz CT molecular complexity index is 227. The second-order valence-corrected chi connectivity index (χ2v) is 8.69. The quantitative estimate of drug-likeness (QED) is 0.543. The van der Waals surface area contributed by atoms with Crippen molar-refractivity contribution in [1.29, 1.82) is 0 Å². The molecule has 0 radical (unpaired) electrons. The van der Waals surface area contributed by atoms with Gasteiger partial charge in [0.2, 0.25) is 8.32 Å². The SMILES string of the molecule is COC(=S)N(C)CC(=O)O[Si](C)(C)C. The van der Waals surface area contributed by atoms with Crippen LogP contribution in [0, 0.1) is 0 Å². The van der Waals surface area contributed by atoms with Crippen LogP contribution >= 0.6 is 12.2 Å². The molecule has 6 heteroatoms. The summed E-state index contributed by atoms with van der Waals surface area (Å²) in [5.74, 6) is -0.258. The number of hydrogen-bond donors (Lipinski definition) is 0. The molecule has 0 aliphatic carbocycles. The van der Waals surface area contributed by atoms with E-state index < -0.39 is 8.32 Å². The monoisotopic (exact) mass is 235 g/mol. The van der Waals surface area contributed by atoms with E-state index in [0.717, 1.165) is 0 Å². The molecule has 0 aromatic rings. The van der Waals surface area contributed by atoms with E-state index in [9.17, 15) is 4.79 Å². The highest BCUT2D eigenvalue weighted by molar-refractivity contribution is 7.80. The highest BCUT2D eigenvalue weighted by atomic mass is 32.1. The lowest BCUT2D eigenvalue weighted by molar-refractivity contribution is -0.135. The van der Waals surface area contributed by atoms with Gasteiger partial charge in [-0.2, -0.15) is 0 Å². The minimum Gasteiger partial charge on any atom is -0.519 e. The summed E-state index contributed by atoms with van der Waals surface area (Å²) >= 11 is 4.84. The van der Waals surface area contributed by atoms with Crippen molar-refractivity contribution in [3.8, 4) is 0 Å². The molecule has 0 N–H and O–H groups in total. The first-order valence-corrected chi connectivity index (χ1v) is 8.09. The van der Waals surface area contributed by atoms with Crippen molar-refractivity contribution in [3.05, 3.63) is 0 Å². The Morgan fingerprint density at radius 2 is 1.93 bits per heavy atom. The van der Waals surface area contributed by atoms with E-state index in [1.807, 2.05) is 19.6 Å². The van der Waals surface area contributed by atoms with Crippen LogP contribution in [-0.2, 0) is 14.0 Å². The van der Waals surface area contributed by atoms with Gasteiger partial charge >= 0.3 is 5.97 Å². The lowest BCUT2D eigenvalue weighted by atomic mass is 10.6. The fourth-order valence-corrected chi connectivity index (χ4v) is 1.60. The van der Waals surface area contributed by atoms with E-state index in [1.165, 1.54) is 12.0 Å². The summed E-state index contributed by atoms with van der Waals surface area (Å²) in [4.78, 5) is 12.9. The van der Waals surface area contributed by atoms with Gasteiger partial charge in [-0.05, 0) is 31.9 Å². The maximum Gasteiger partial charge on any atom is 0.312 e. The van der Waals surface area contributed by atoms with Crippen molar-refractivity contribution in [2.45, 2.75) is 19.6 Å². The van der Waals surface area contributed by atoms with Gasteiger partial charge in [0.15, 0.2) is 0 Å². The molecule has 0 unspecified atom stereocenters. The first kappa shape index (κ1) is 13.4. The highest BCUT2D eigenvalue weighted by Crippen LogP contribution is 2.03. The molecule has 0 saturated heterocycles. The van der Waals surface area contributed by atoms with Gasteiger partial charge in [-0.15, -0.1) is 0 Å². The standard InChI is InChI=1S/C8H17NO3SSi/c1-9(8(13)11-2)6-7(10)12-14(3,4)5/h6H2,1-5H3. The Morgan fingerprint density at radius 3 is 2.29 bits per heavy atom. The van der Waals surface area contributed by atoms with Crippen LogP contribution in [0.3, 0.4) is 0 Å². The number of rotatable bonds is 3. The van der Waals surface area contributed by atoms with Crippen molar-refractivity contribution < 1.29 is 14.0 Å². The Hall–Kier alpha value is -0.623. The van der Waals surface area contributed by atoms with E-state index >= 15 is 0 Å². The number of hydrogen-bond acceptors (Lipinski definition) is 4. The molecule has 0 heterocycles. The molecule has 82 valence electrons. The maximum atomic E-state index is 11.3. The fourth-order valence-electron chi connectivity index (χ4n) is 0.788. The predicted molar refractivity (Wildman–Crippen MR) is 61.7 cm³/mol. The molecular formula is C8H17NO3SSi. The number of carbonyl (C=O) groups excluding carboxylic acids is 1. The van der Waals surface area contributed by atoms with Crippen LogP contribution in [-0.4, -0.2) is 45.1 Å². The van der Waals surface area contributed by atoms with Crippen LogP contribution in [0.5, 0.6) is 0 Å². The zero-order chi connectivity index (χ0) is 11.4. The number of methoxy groups -OCH3 is 1. The first-order chi connectivity index (χ1) is 6.26. The number of thiocarbonyl (C=S) groups is 1. The van der Waals surface area contributed by atoms with Crippen LogP contribution in [0.2, 0.25) is 19.6 Å². The molecule has 0 bridgehead atoms. The summed E-state index contributed by atoms with van der Waals surface area (Å²) in [6, 6.07) is 0. The van der Waals surface area contributed by atoms with Gasteiger partial charge < -0.3 is 14.1 Å². The molecule has 0 spiro atoms. The molecule has 0 rings (SSSR count). The van der Waals surface area contributed by atoms with Gasteiger partial charge in [0.1, 0.15) is 6.54 Å². The van der Waals surface area contributed by atoms with Crippen molar-refractivity contribution in [2.75, 3.05) is 20.7 Å². The molecule has 0 aromatic heterocycles. The van der Waals surface area contributed by atoms with Gasteiger partial charge in [-0.25, -0.2) is 0 Å². The van der Waals surface area contributed by atoms with Gasteiger partial charge in [0.25, 0.3) is 5.17 Å². The van der Waals surface area contributed by atoms with Gasteiger partial charge in [0, 0.05) is 7.05 Å². The second-order valence-electron chi connectivity index (χ2n) is 3.91. The summed E-state index contributed by atoms with van der Waals surface area (Å²) in [7, 11) is 1.37. The number of ether oxygens (including phenoxy) is 1. The van der Waals surface area contributed by atoms with Crippen molar-refractivity contribution in [1.82, 2.24) is 4.90 Å². The van der Waals surface area contributed by atoms with E-state index in [2.05, 4.69) is 0 Å². The first-order valence-electron chi connectivity index (χ1n) is 4.27. The minimum atomic E-state index is -1.79. The van der Waals surface area contributed by atoms with Crippen LogP contribution in [0.4, 0.5) is 0 Å². The Labute approximate surface area is 91.3 Å². The van der Waals surface area contributed by atoms with E-state index in [1.54, 1.807) is 7.05 Å². The lowest BCUT2D eigenvalue weighted by Gasteiger charge is -2.21. The molecule has 0 atom stereocenters. The average molecular weight is 235 g/mol. The topological polar surface area (TPSA) is 38.8 Å². The maximum absolute atomic E-state index is 11.3. The summed E-state index contributed by atoms with van der Waals surface area (Å²) < 4.78 is 10.1. The molecule has 0 aliphatic rings. The molecule has 14 heavy (non-hydrogen) atoms. The van der Waals surface area contributed by atoms with Crippen LogP contribution < -0.4 is 0 Å². The lowest BCUT2D eigenvalue weighted by Crippen LogP contribution is -2.37. The van der Waals surface area contributed by atoms with Crippen molar-refractivity contribution >= 4 is 31.7 Å². The van der Waals surface area contributed by atoms with E-state index in [0.29, 0.717) is 0 Å².